The maximum absolute atomic E-state index is 13.8. The summed E-state index contributed by atoms with van der Waals surface area (Å²) in [6.45, 7) is 3.10. The van der Waals surface area contributed by atoms with E-state index in [-0.39, 0.29) is 55.9 Å². The van der Waals surface area contributed by atoms with Crippen molar-refractivity contribution in [1.29, 1.82) is 0 Å². The number of nitro benzene ring substituents is 1. The second-order valence-corrected chi connectivity index (χ2v) is 10.4. The minimum absolute atomic E-state index is 0.00204. The van der Waals surface area contributed by atoms with E-state index in [9.17, 15) is 32.9 Å². The Morgan fingerprint density at radius 3 is 2.56 bits per heavy atom. The van der Waals surface area contributed by atoms with Crippen LogP contribution in [-0.2, 0) is 19.8 Å². The zero-order valence-electron chi connectivity index (χ0n) is 22.6. The molecule has 0 spiro atoms. The number of carbonyl (C=O) groups is 2. The van der Waals surface area contributed by atoms with Crippen molar-refractivity contribution < 1.29 is 36.8 Å². The topological polar surface area (TPSA) is 168 Å². The molecule has 0 aliphatic heterocycles. The molecule has 5 rings (SSSR count). The lowest BCUT2D eigenvalue weighted by Gasteiger charge is -2.12. The number of fused-ring (bicyclic) bond motifs is 1. The van der Waals surface area contributed by atoms with Crippen molar-refractivity contribution in [3.8, 4) is 16.9 Å². The number of nitrogens with zero attached hydrogens (tertiary/aromatic N) is 4. The van der Waals surface area contributed by atoms with Crippen molar-refractivity contribution in [2.45, 2.75) is 26.6 Å². The molecule has 0 saturated carbocycles. The Balaban J connectivity index is 1.51. The van der Waals surface area contributed by atoms with Gasteiger partial charge < -0.3 is 20.2 Å². The molecule has 0 aliphatic rings. The Morgan fingerprint density at radius 1 is 1.19 bits per heavy atom. The van der Waals surface area contributed by atoms with Gasteiger partial charge in [0.1, 0.15) is 27.8 Å². The largest absolute Gasteiger partial charge is 0.479 e. The number of nitrogens with two attached hydrogens (primary N) is 1. The second-order valence-electron chi connectivity index (χ2n) is 9.41. The molecule has 5 aromatic rings. The normalized spacial score (nSPS) is 11.6. The molecule has 16 heteroatoms. The van der Waals surface area contributed by atoms with Crippen LogP contribution in [0.25, 0.3) is 21.3 Å². The number of primary amides is 1. The van der Waals surface area contributed by atoms with Crippen molar-refractivity contribution in [2.75, 3.05) is 5.32 Å². The molecule has 3 N–H and O–H groups in total. The van der Waals surface area contributed by atoms with Crippen molar-refractivity contribution >= 4 is 44.7 Å². The van der Waals surface area contributed by atoms with Gasteiger partial charge >= 0.3 is 11.9 Å². The molecule has 0 bridgehead atoms. The second kappa shape index (κ2) is 10.9. The average molecular weight is 615 g/mol. The first-order valence-corrected chi connectivity index (χ1v) is 13.2. The number of rotatable bonds is 8. The quantitative estimate of drug-likeness (QED) is 0.164. The molecule has 4 heterocycles. The first-order valence-electron chi connectivity index (χ1n) is 12.4. The van der Waals surface area contributed by atoms with Crippen molar-refractivity contribution in [1.82, 2.24) is 14.8 Å². The van der Waals surface area contributed by atoms with Gasteiger partial charge in [0.15, 0.2) is 11.5 Å². The summed E-state index contributed by atoms with van der Waals surface area (Å²) in [5.41, 5.74) is 5.52. The zero-order valence-corrected chi connectivity index (χ0v) is 23.4. The standard InChI is InChI=1S/C27H21F3N6O6S/c1-12-4-6-18(17(8-12)36(39)40)41-11-14-5-7-19(42-14)25(38)34-22-21-15(16-10-32-35(3)13(16)2)9-20(27(28,29)30)33-26(21)43-23(22)24(31)37/h4-10H,11H2,1-3H3,(H2,31,37)(H,34,38). The van der Waals surface area contributed by atoms with Gasteiger partial charge in [-0.3, -0.25) is 24.4 Å². The van der Waals surface area contributed by atoms with Crippen LogP contribution < -0.4 is 15.8 Å². The summed E-state index contributed by atoms with van der Waals surface area (Å²) in [7, 11) is 1.61. The summed E-state index contributed by atoms with van der Waals surface area (Å²) in [4.78, 5) is 39.7. The molecule has 2 amide bonds. The number of halogens is 3. The van der Waals surface area contributed by atoms with Crippen LogP contribution in [-0.4, -0.2) is 31.5 Å². The summed E-state index contributed by atoms with van der Waals surface area (Å²) in [5.74, 6) is -1.92. The molecule has 0 unspecified atom stereocenters. The Hall–Kier alpha value is -5.25. The number of pyridine rings is 1. The van der Waals surface area contributed by atoms with E-state index in [0.717, 1.165) is 6.07 Å². The van der Waals surface area contributed by atoms with Gasteiger partial charge in [0.25, 0.3) is 11.8 Å². The van der Waals surface area contributed by atoms with Crippen LogP contribution in [0.2, 0.25) is 0 Å². The highest BCUT2D eigenvalue weighted by Crippen LogP contribution is 2.44. The highest BCUT2D eigenvalue weighted by molar-refractivity contribution is 7.21. The number of aryl methyl sites for hydroxylation is 2. The van der Waals surface area contributed by atoms with E-state index in [0.29, 0.717) is 28.2 Å². The van der Waals surface area contributed by atoms with Crippen LogP contribution in [0, 0.1) is 24.0 Å². The van der Waals surface area contributed by atoms with Gasteiger partial charge in [-0.2, -0.15) is 18.3 Å². The molecule has 0 atom stereocenters. The number of carbonyl (C=O) groups excluding carboxylic acids is 2. The summed E-state index contributed by atoms with van der Waals surface area (Å²) in [6.07, 6.45) is -3.43. The fraction of sp³-hybridized carbons (Fsp3) is 0.185. The molecule has 0 saturated heterocycles. The van der Waals surface area contributed by atoms with Crippen LogP contribution in [0.3, 0.4) is 0 Å². The summed E-state index contributed by atoms with van der Waals surface area (Å²) in [6, 6.07) is 7.98. The third-order valence-corrected chi connectivity index (χ3v) is 7.60. The predicted molar refractivity (Wildman–Crippen MR) is 149 cm³/mol. The van der Waals surface area contributed by atoms with Crippen molar-refractivity contribution in [3.63, 3.8) is 0 Å². The fourth-order valence-electron chi connectivity index (χ4n) is 4.31. The summed E-state index contributed by atoms with van der Waals surface area (Å²) < 4.78 is 53.9. The van der Waals surface area contributed by atoms with E-state index in [1.165, 1.54) is 35.1 Å². The van der Waals surface area contributed by atoms with Crippen molar-refractivity contribution in [3.05, 3.63) is 86.1 Å². The Bertz CT molecular complexity index is 1930. The van der Waals surface area contributed by atoms with Crippen molar-refractivity contribution in [2.24, 2.45) is 12.8 Å². The number of nitro groups is 1. The lowest BCUT2D eigenvalue weighted by molar-refractivity contribution is -0.386. The summed E-state index contributed by atoms with van der Waals surface area (Å²) in [5, 5.41) is 18.1. The molecule has 12 nitrogen and oxygen atoms in total. The molecular weight excluding hydrogens is 593 g/mol. The number of benzene rings is 1. The number of alkyl halides is 3. The highest BCUT2D eigenvalue weighted by Gasteiger charge is 2.35. The molecule has 0 fully saturated rings. The number of thiophene rings is 1. The van der Waals surface area contributed by atoms with Gasteiger partial charge in [-0.25, -0.2) is 4.98 Å². The van der Waals surface area contributed by atoms with Crippen LogP contribution in [0.1, 0.15) is 42.9 Å². The molecule has 0 aliphatic carbocycles. The first kappa shape index (κ1) is 29.2. The lowest BCUT2D eigenvalue weighted by atomic mass is 10.0. The first-order chi connectivity index (χ1) is 20.2. The van der Waals surface area contributed by atoms with Crippen LogP contribution in [0.15, 0.2) is 47.0 Å². The average Bonchev–Trinajstić information content (AvgIpc) is 3.65. The molecule has 0 radical (unpaired) electrons. The SMILES string of the molecule is Cc1ccc(OCc2ccc(C(=O)Nc3c(C(N)=O)sc4nc(C(F)(F)F)cc(-c5cnn(C)c5C)c34)o2)c([N+](=O)[O-])c1. The monoisotopic (exact) mass is 614 g/mol. The number of aromatic nitrogens is 3. The third-order valence-electron chi connectivity index (χ3n) is 6.51. The minimum Gasteiger partial charge on any atom is -0.479 e. The summed E-state index contributed by atoms with van der Waals surface area (Å²) >= 11 is 0.603. The number of anilines is 1. The van der Waals surface area contributed by atoms with Gasteiger partial charge in [0.2, 0.25) is 0 Å². The number of hydrogen-bond donors (Lipinski definition) is 2. The molecular formula is C27H21F3N6O6S. The van der Waals surface area contributed by atoms with Gasteiger partial charge in [-0.15, -0.1) is 11.3 Å². The van der Waals surface area contributed by atoms with E-state index >= 15 is 0 Å². The van der Waals surface area contributed by atoms with Gasteiger partial charge in [0, 0.05) is 29.8 Å². The predicted octanol–water partition coefficient (Wildman–Crippen LogP) is 5.76. The van der Waals surface area contributed by atoms with Crippen LogP contribution in [0.5, 0.6) is 5.75 Å². The van der Waals surface area contributed by atoms with E-state index in [1.54, 1.807) is 27.0 Å². The molecule has 43 heavy (non-hydrogen) atoms. The van der Waals surface area contributed by atoms with Crippen LogP contribution >= 0.6 is 11.3 Å². The Labute approximate surface area is 244 Å². The molecule has 222 valence electrons. The van der Waals surface area contributed by atoms with E-state index in [2.05, 4.69) is 15.4 Å². The highest BCUT2D eigenvalue weighted by atomic mass is 32.1. The molecule has 4 aromatic heterocycles. The number of ether oxygens (including phenoxy) is 1. The van der Waals surface area contributed by atoms with Gasteiger partial charge in [-0.1, -0.05) is 6.07 Å². The Kier molecular flexibility index (Phi) is 7.39. The van der Waals surface area contributed by atoms with Gasteiger partial charge in [-0.05, 0) is 49.2 Å². The third kappa shape index (κ3) is 5.63. The fourth-order valence-corrected chi connectivity index (χ4v) is 5.31. The number of amides is 2. The maximum atomic E-state index is 13.8. The van der Waals surface area contributed by atoms with E-state index < -0.39 is 28.6 Å². The van der Waals surface area contributed by atoms with Gasteiger partial charge in [0.05, 0.1) is 16.8 Å². The smallest absolute Gasteiger partial charge is 0.433 e. The molecule has 1 aromatic carbocycles. The lowest BCUT2D eigenvalue weighted by Crippen LogP contribution is -2.16. The maximum Gasteiger partial charge on any atom is 0.433 e. The van der Waals surface area contributed by atoms with Crippen LogP contribution in [0.4, 0.5) is 24.5 Å². The number of furan rings is 1. The number of nitrogens with one attached hydrogen (secondary N) is 1. The minimum atomic E-state index is -4.80. The zero-order chi connectivity index (χ0) is 31.2. The van der Waals surface area contributed by atoms with E-state index in [1.807, 2.05) is 0 Å². The van der Waals surface area contributed by atoms with E-state index in [4.69, 9.17) is 14.9 Å². The Morgan fingerprint density at radius 2 is 1.93 bits per heavy atom. The number of hydrogen-bond acceptors (Lipinski definition) is 9.